The minimum absolute atomic E-state index is 0.165. The zero-order valence-electron chi connectivity index (χ0n) is 8.72. The topological polar surface area (TPSA) is 66.4 Å². The van der Waals surface area contributed by atoms with Crippen LogP contribution in [0.3, 0.4) is 0 Å². The van der Waals surface area contributed by atoms with Crippen molar-refractivity contribution in [1.29, 1.82) is 0 Å². The highest BCUT2D eigenvalue weighted by molar-refractivity contribution is 5.85. The van der Waals surface area contributed by atoms with Crippen LogP contribution in [0, 0.1) is 0 Å². The number of benzene rings is 1. The first-order chi connectivity index (χ1) is 7.63. The largest absolute Gasteiger partial charge is 0.479 e. The summed E-state index contributed by atoms with van der Waals surface area (Å²) in [6.45, 7) is 3.35. The summed E-state index contributed by atoms with van der Waals surface area (Å²) in [5.41, 5.74) is 0.841. The van der Waals surface area contributed by atoms with E-state index in [0.29, 0.717) is 0 Å². The molecule has 4 heteroatoms. The van der Waals surface area contributed by atoms with Crippen LogP contribution in [0.5, 0.6) is 0 Å². The first kappa shape index (κ1) is 12.0. The monoisotopic (exact) mass is 219 g/mol. The van der Waals surface area contributed by atoms with Crippen molar-refractivity contribution in [2.24, 2.45) is 0 Å². The van der Waals surface area contributed by atoms with E-state index in [1.165, 1.54) is 6.08 Å². The van der Waals surface area contributed by atoms with Gasteiger partial charge in [-0.2, -0.15) is 0 Å². The van der Waals surface area contributed by atoms with Crippen molar-refractivity contribution in [1.82, 2.24) is 5.32 Å². The van der Waals surface area contributed by atoms with Crippen LogP contribution in [0.2, 0.25) is 0 Å². The Labute approximate surface area is 93.6 Å². The van der Waals surface area contributed by atoms with E-state index in [0.717, 1.165) is 5.56 Å². The lowest BCUT2D eigenvalue weighted by Gasteiger charge is -2.09. The predicted octanol–water partition coefficient (Wildman–Crippen LogP) is 0.984. The van der Waals surface area contributed by atoms with E-state index in [9.17, 15) is 9.59 Å². The Morgan fingerprint density at radius 3 is 2.50 bits per heavy atom. The Hall–Kier alpha value is -2.10. The zero-order chi connectivity index (χ0) is 12.0. The summed E-state index contributed by atoms with van der Waals surface area (Å²) in [7, 11) is 0. The maximum atomic E-state index is 11.5. The molecule has 0 heterocycles. The summed E-state index contributed by atoms with van der Waals surface area (Å²) in [4.78, 5) is 22.1. The molecule has 1 aromatic carbocycles. The molecule has 1 aromatic rings. The second-order valence-electron chi connectivity index (χ2n) is 3.28. The van der Waals surface area contributed by atoms with Crippen molar-refractivity contribution in [3.05, 3.63) is 48.6 Å². The van der Waals surface area contributed by atoms with E-state index in [-0.39, 0.29) is 12.3 Å². The van der Waals surface area contributed by atoms with E-state index >= 15 is 0 Å². The molecule has 4 nitrogen and oxygen atoms in total. The number of aliphatic carboxylic acids is 1. The molecule has 1 rings (SSSR count). The maximum absolute atomic E-state index is 11.5. The van der Waals surface area contributed by atoms with Crippen LogP contribution >= 0.6 is 0 Å². The molecule has 0 spiro atoms. The number of carboxylic acids is 1. The second-order valence-corrected chi connectivity index (χ2v) is 3.28. The van der Waals surface area contributed by atoms with Crippen LogP contribution in [-0.2, 0) is 16.0 Å². The van der Waals surface area contributed by atoms with Gasteiger partial charge in [0.15, 0.2) is 0 Å². The third-order valence-corrected chi connectivity index (χ3v) is 2.03. The molecule has 0 aliphatic carbocycles. The van der Waals surface area contributed by atoms with Gasteiger partial charge in [0.1, 0.15) is 6.04 Å². The fraction of sp³-hybridized carbons (Fsp3) is 0.167. The first-order valence-corrected chi connectivity index (χ1v) is 4.82. The van der Waals surface area contributed by atoms with Gasteiger partial charge in [-0.15, -0.1) is 6.58 Å². The van der Waals surface area contributed by atoms with Gasteiger partial charge in [0, 0.05) is 0 Å². The molecule has 0 aliphatic heterocycles. The summed E-state index contributed by atoms with van der Waals surface area (Å²) in [5.74, 6) is -1.45. The van der Waals surface area contributed by atoms with Gasteiger partial charge in [0.2, 0.25) is 5.91 Å². The van der Waals surface area contributed by atoms with Crippen LogP contribution in [0.1, 0.15) is 5.56 Å². The summed E-state index contributed by atoms with van der Waals surface area (Å²) in [6.07, 6.45) is 1.35. The lowest BCUT2D eigenvalue weighted by molar-refractivity contribution is -0.140. The van der Waals surface area contributed by atoms with E-state index in [1.807, 2.05) is 30.3 Å². The molecule has 1 amide bonds. The van der Waals surface area contributed by atoms with Crippen LogP contribution in [-0.4, -0.2) is 23.0 Å². The fourth-order valence-electron chi connectivity index (χ4n) is 1.23. The van der Waals surface area contributed by atoms with Crippen LogP contribution in [0.25, 0.3) is 0 Å². The average molecular weight is 219 g/mol. The normalized spacial score (nSPS) is 11.5. The third-order valence-electron chi connectivity index (χ3n) is 2.03. The molecule has 1 unspecified atom stereocenters. The third kappa shape index (κ3) is 3.57. The number of amides is 1. The van der Waals surface area contributed by atoms with Gasteiger partial charge in [0.25, 0.3) is 0 Å². The van der Waals surface area contributed by atoms with Gasteiger partial charge in [-0.05, 0) is 5.56 Å². The molecule has 0 aliphatic rings. The van der Waals surface area contributed by atoms with Gasteiger partial charge in [-0.3, -0.25) is 4.79 Å². The smallest absolute Gasteiger partial charge is 0.330 e. The van der Waals surface area contributed by atoms with Crippen molar-refractivity contribution in [3.63, 3.8) is 0 Å². The van der Waals surface area contributed by atoms with Crippen molar-refractivity contribution >= 4 is 11.9 Å². The number of nitrogens with one attached hydrogen (secondary N) is 1. The van der Waals surface area contributed by atoms with E-state index in [2.05, 4.69) is 11.9 Å². The standard InChI is InChI=1S/C12H13NO3/c1-2-10(12(15)16)13-11(14)8-9-6-4-3-5-7-9/h2-7,10H,1,8H2,(H,13,14)(H,15,16). The molecule has 0 aromatic heterocycles. The van der Waals surface area contributed by atoms with Crippen molar-refractivity contribution in [2.75, 3.05) is 0 Å². The predicted molar refractivity (Wildman–Crippen MR) is 59.9 cm³/mol. The van der Waals surface area contributed by atoms with Gasteiger partial charge < -0.3 is 10.4 Å². The van der Waals surface area contributed by atoms with E-state index in [4.69, 9.17) is 5.11 Å². The quantitative estimate of drug-likeness (QED) is 0.725. The number of carbonyl (C=O) groups is 2. The maximum Gasteiger partial charge on any atom is 0.330 e. The Morgan fingerprint density at radius 1 is 1.38 bits per heavy atom. The zero-order valence-corrected chi connectivity index (χ0v) is 8.72. The summed E-state index contributed by atoms with van der Waals surface area (Å²) >= 11 is 0. The summed E-state index contributed by atoms with van der Waals surface area (Å²) in [6, 6.07) is 8.09. The van der Waals surface area contributed by atoms with Gasteiger partial charge in [-0.1, -0.05) is 36.4 Å². The lowest BCUT2D eigenvalue weighted by atomic mass is 10.1. The highest BCUT2D eigenvalue weighted by Crippen LogP contribution is 1.99. The molecule has 0 bridgehead atoms. The molecule has 0 saturated carbocycles. The highest BCUT2D eigenvalue weighted by Gasteiger charge is 2.15. The highest BCUT2D eigenvalue weighted by atomic mass is 16.4. The minimum atomic E-state index is -1.11. The van der Waals surface area contributed by atoms with E-state index < -0.39 is 12.0 Å². The summed E-state index contributed by atoms with van der Waals surface area (Å²) < 4.78 is 0. The molecule has 0 fully saturated rings. The second kappa shape index (κ2) is 5.70. The number of carboxylic acid groups (broad SMARTS) is 1. The van der Waals surface area contributed by atoms with Crippen molar-refractivity contribution in [2.45, 2.75) is 12.5 Å². The molecule has 1 atom stereocenters. The number of hydrogen-bond donors (Lipinski definition) is 2. The minimum Gasteiger partial charge on any atom is -0.479 e. The number of rotatable bonds is 5. The lowest BCUT2D eigenvalue weighted by Crippen LogP contribution is -2.39. The molecule has 2 N–H and O–H groups in total. The average Bonchev–Trinajstić information content (AvgIpc) is 2.27. The Morgan fingerprint density at radius 2 is 2.00 bits per heavy atom. The molecule has 84 valence electrons. The summed E-state index contributed by atoms with van der Waals surface area (Å²) in [5, 5.41) is 11.1. The van der Waals surface area contributed by atoms with Crippen LogP contribution in [0.15, 0.2) is 43.0 Å². The van der Waals surface area contributed by atoms with Gasteiger partial charge >= 0.3 is 5.97 Å². The molecule has 0 saturated heterocycles. The molecular weight excluding hydrogens is 206 g/mol. The Balaban J connectivity index is 2.54. The van der Waals surface area contributed by atoms with Crippen LogP contribution in [0.4, 0.5) is 0 Å². The Bertz CT molecular complexity index is 387. The van der Waals surface area contributed by atoms with E-state index in [1.54, 1.807) is 0 Å². The first-order valence-electron chi connectivity index (χ1n) is 4.82. The van der Waals surface area contributed by atoms with Crippen molar-refractivity contribution in [3.8, 4) is 0 Å². The van der Waals surface area contributed by atoms with Crippen LogP contribution < -0.4 is 5.32 Å². The Kier molecular flexibility index (Phi) is 4.27. The number of hydrogen-bond acceptors (Lipinski definition) is 2. The number of carbonyl (C=O) groups excluding carboxylic acids is 1. The fourth-order valence-corrected chi connectivity index (χ4v) is 1.23. The molecular formula is C12H13NO3. The van der Waals surface area contributed by atoms with Gasteiger partial charge in [-0.25, -0.2) is 4.79 Å². The SMILES string of the molecule is C=CC(NC(=O)Cc1ccccc1)C(=O)O. The van der Waals surface area contributed by atoms with Crippen molar-refractivity contribution < 1.29 is 14.7 Å². The molecule has 16 heavy (non-hydrogen) atoms. The molecule has 0 radical (unpaired) electrons. The van der Waals surface area contributed by atoms with Gasteiger partial charge in [0.05, 0.1) is 6.42 Å².